The lowest BCUT2D eigenvalue weighted by atomic mass is 9.69. The van der Waals surface area contributed by atoms with Gasteiger partial charge in [-0.3, -0.25) is 4.79 Å². The lowest BCUT2D eigenvalue weighted by Gasteiger charge is -2.40. The molecule has 0 aromatic heterocycles. The summed E-state index contributed by atoms with van der Waals surface area (Å²) in [6.45, 7) is 6.78. The minimum Gasteiger partial charge on any atom is -0.398 e. The maximum atomic E-state index is 12.5. The Balaban J connectivity index is 2.15. The maximum Gasteiger partial charge on any atom is 0.253 e. The molecule has 0 aliphatic heterocycles. The van der Waals surface area contributed by atoms with Gasteiger partial charge in [0.05, 0.1) is 5.56 Å². The third-order valence-electron chi connectivity index (χ3n) is 4.45. The van der Waals surface area contributed by atoms with Crippen LogP contribution >= 0.6 is 15.9 Å². The van der Waals surface area contributed by atoms with Gasteiger partial charge in [0.2, 0.25) is 0 Å². The normalized spacial score (nSPS) is 22.9. The Bertz CT molecular complexity index is 522. The Morgan fingerprint density at radius 3 is 2.62 bits per heavy atom. The van der Waals surface area contributed by atoms with Gasteiger partial charge in [0.15, 0.2) is 0 Å². The zero-order chi connectivity index (χ0) is 15.6. The Hall–Kier alpha value is -1.03. The molecule has 1 fully saturated rings. The standard InChI is InChI=1S/C17H25BrN2O/c1-17(2,3)13-6-4-5-7-15(13)20-16(21)12-10-11(18)8-9-14(12)19/h8-10,13,15H,4-7,19H2,1-3H3,(H,20,21). The summed E-state index contributed by atoms with van der Waals surface area (Å²) < 4.78 is 0.873. The second-order valence-corrected chi connectivity index (χ2v) is 7.98. The van der Waals surface area contributed by atoms with Crippen molar-refractivity contribution in [3.63, 3.8) is 0 Å². The number of halogens is 1. The van der Waals surface area contributed by atoms with Crippen LogP contribution in [0.3, 0.4) is 0 Å². The van der Waals surface area contributed by atoms with Crippen LogP contribution < -0.4 is 11.1 Å². The highest BCUT2D eigenvalue weighted by Crippen LogP contribution is 2.38. The molecule has 2 unspecified atom stereocenters. The molecule has 0 bridgehead atoms. The molecular formula is C17H25BrN2O. The van der Waals surface area contributed by atoms with Gasteiger partial charge in [0.25, 0.3) is 5.91 Å². The monoisotopic (exact) mass is 352 g/mol. The molecule has 1 aliphatic rings. The lowest BCUT2D eigenvalue weighted by Crippen LogP contribution is -2.46. The maximum absolute atomic E-state index is 12.5. The minimum atomic E-state index is -0.0602. The first-order chi connectivity index (χ1) is 9.79. The van der Waals surface area contributed by atoms with Gasteiger partial charge in [-0.05, 0) is 42.4 Å². The molecule has 0 heterocycles. The molecule has 0 spiro atoms. The van der Waals surface area contributed by atoms with E-state index in [1.807, 2.05) is 6.07 Å². The van der Waals surface area contributed by atoms with E-state index in [1.165, 1.54) is 19.3 Å². The summed E-state index contributed by atoms with van der Waals surface area (Å²) in [5.41, 5.74) is 7.23. The molecule has 3 nitrogen and oxygen atoms in total. The molecule has 1 aromatic rings. The number of hydrogen-bond donors (Lipinski definition) is 2. The van der Waals surface area contributed by atoms with Crippen molar-refractivity contribution >= 4 is 27.5 Å². The van der Waals surface area contributed by atoms with Gasteiger partial charge < -0.3 is 11.1 Å². The highest BCUT2D eigenvalue weighted by Gasteiger charge is 2.35. The van der Waals surface area contributed by atoms with Gasteiger partial charge in [0, 0.05) is 16.2 Å². The molecule has 0 saturated heterocycles. The van der Waals surface area contributed by atoms with E-state index in [0.717, 1.165) is 10.9 Å². The number of nitrogens with two attached hydrogens (primary N) is 1. The van der Waals surface area contributed by atoms with E-state index in [9.17, 15) is 4.79 Å². The number of anilines is 1. The Morgan fingerprint density at radius 1 is 1.29 bits per heavy atom. The Kier molecular flexibility index (Phi) is 4.97. The molecule has 1 aliphatic carbocycles. The SMILES string of the molecule is CC(C)(C)C1CCCCC1NC(=O)c1cc(Br)ccc1N. The molecule has 2 atom stereocenters. The smallest absolute Gasteiger partial charge is 0.253 e. The van der Waals surface area contributed by atoms with Crippen LogP contribution in [0.1, 0.15) is 56.8 Å². The predicted octanol–water partition coefficient (Wildman–Crippen LogP) is 4.37. The third-order valence-corrected chi connectivity index (χ3v) is 4.95. The highest BCUT2D eigenvalue weighted by atomic mass is 79.9. The molecular weight excluding hydrogens is 328 g/mol. The summed E-state index contributed by atoms with van der Waals surface area (Å²) in [6.07, 6.45) is 4.68. The first kappa shape index (κ1) is 16.3. The van der Waals surface area contributed by atoms with Gasteiger partial charge in [-0.15, -0.1) is 0 Å². The zero-order valence-electron chi connectivity index (χ0n) is 13.1. The van der Waals surface area contributed by atoms with E-state index >= 15 is 0 Å². The summed E-state index contributed by atoms with van der Waals surface area (Å²) in [5, 5.41) is 3.22. The Morgan fingerprint density at radius 2 is 1.95 bits per heavy atom. The van der Waals surface area contributed by atoms with Crippen LogP contribution in [-0.2, 0) is 0 Å². The molecule has 21 heavy (non-hydrogen) atoms. The van der Waals surface area contributed by atoms with Gasteiger partial charge in [-0.1, -0.05) is 49.5 Å². The highest BCUT2D eigenvalue weighted by molar-refractivity contribution is 9.10. The summed E-state index contributed by atoms with van der Waals surface area (Å²) in [5.74, 6) is 0.457. The number of carbonyl (C=O) groups is 1. The van der Waals surface area contributed by atoms with Gasteiger partial charge in [0.1, 0.15) is 0 Å². The fourth-order valence-corrected chi connectivity index (χ4v) is 3.67. The number of nitrogens with one attached hydrogen (secondary N) is 1. The molecule has 1 saturated carbocycles. The molecule has 1 amide bonds. The molecule has 4 heteroatoms. The van der Waals surface area contributed by atoms with Crippen LogP contribution in [0.4, 0.5) is 5.69 Å². The summed E-state index contributed by atoms with van der Waals surface area (Å²) in [7, 11) is 0. The van der Waals surface area contributed by atoms with Gasteiger partial charge >= 0.3 is 0 Å². The largest absolute Gasteiger partial charge is 0.398 e. The van der Waals surface area contributed by atoms with E-state index < -0.39 is 0 Å². The molecule has 0 radical (unpaired) electrons. The number of amides is 1. The van der Waals surface area contributed by atoms with Crippen LogP contribution in [0.15, 0.2) is 22.7 Å². The van der Waals surface area contributed by atoms with Crippen molar-refractivity contribution in [3.05, 3.63) is 28.2 Å². The molecule has 3 N–H and O–H groups in total. The van der Waals surface area contributed by atoms with Crippen molar-refractivity contribution in [2.45, 2.75) is 52.5 Å². The Labute approximate surface area is 135 Å². The van der Waals surface area contributed by atoms with Crippen LogP contribution in [0.25, 0.3) is 0 Å². The van der Waals surface area contributed by atoms with Crippen molar-refractivity contribution in [1.29, 1.82) is 0 Å². The van der Waals surface area contributed by atoms with Crippen LogP contribution in [0, 0.1) is 11.3 Å². The molecule has 116 valence electrons. The van der Waals surface area contributed by atoms with E-state index in [4.69, 9.17) is 5.73 Å². The van der Waals surface area contributed by atoms with E-state index in [-0.39, 0.29) is 17.4 Å². The van der Waals surface area contributed by atoms with Crippen molar-refractivity contribution in [2.75, 3.05) is 5.73 Å². The average Bonchev–Trinajstić information content (AvgIpc) is 2.41. The third kappa shape index (κ3) is 4.00. The fraction of sp³-hybridized carbons (Fsp3) is 0.588. The second-order valence-electron chi connectivity index (χ2n) is 7.07. The zero-order valence-corrected chi connectivity index (χ0v) is 14.7. The first-order valence-corrected chi connectivity index (χ1v) is 8.44. The lowest BCUT2D eigenvalue weighted by molar-refractivity contribution is 0.0831. The topological polar surface area (TPSA) is 55.1 Å². The van der Waals surface area contributed by atoms with Crippen molar-refractivity contribution in [3.8, 4) is 0 Å². The van der Waals surface area contributed by atoms with Crippen molar-refractivity contribution in [2.24, 2.45) is 11.3 Å². The minimum absolute atomic E-state index is 0.0602. The molecule has 2 rings (SSSR count). The van der Waals surface area contributed by atoms with Crippen molar-refractivity contribution in [1.82, 2.24) is 5.32 Å². The van der Waals surface area contributed by atoms with E-state index in [2.05, 4.69) is 42.0 Å². The quantitative estimate of drug-likeness (QED) is 0.776. The number of hydrogen-bond acceptors (Lipinski definition) is 2. The summed E-state index contributed by atoms with van der Waals surface area (Å²) in [6, 6.07) is 5.65. The fourth-order valence-electron chi connectivity index (χ4n) is 3.31. The van der Waals surface area contributed by atoms with Crippen LogP contribution in [-0.4, -0.2) is 11.9 Å². The summed E-state index contributed by atoms with van der Waals surface area (Å²) in [4.78, 5) is 12.5. The number of carbonyl (C=O) groups excluding carboxylic acids is 1. The van der Waals surface area contributed by atoms with Gasteiger partial charge in [-0.25, -0.2) is 0 Å². The van der Waals surface area contributed by atoms with Crippen LogP contribution in [0.2, 0.25) is 0 Å². The van der Waals surface area contributed by atoms with E-state index in [1.54, 1.807) is 12.1 Å². The molecule has 1 aromatic carbocycles. The second kappa shape index (κ2) is 6.39. The van der Waals surface area contributed by atoms with Gasteiger partial charge in [-0.2, -0.15) is 0 Å². The predicted molar refractivity (Wildman–Crippen MR) is 91.2 cm³/mol. The van der Waals surface area contributed by atoms with E-state index in [0.29, 0.717) is 17.2 Å². The van der Waals surface area contributed by atoms with Crippen LogP contribution in [0.5, 0.6) is 0 Å². The van der Waals surface area contributed by atoms with Crippen molar-refractivity contribution < 1.29 is 4.79 Å². The first-order valence-electron chi connectivity index (χ1n) is 7.65. The number of rotatable bonds is 2. The summed E-state index contributed by atoms with van der Waals surface area (Å²) >= 11 is 3.40. The number of benzene rings is 1. The average molecular weight is 353 g/mol. The number of nitrogen functional groups attached to an aromatic ring is 1.